The number of carbonyl (C=O) groups excluding carboxylic acids is 2. The van der Waals surface area contributed by atoms with Crippen LogP contribution >= 0.6 is 7.60 Å². The van der Waals surface area contributed by atoms with Gasteiger partial charge in [-0.15, -0.1) is 0 Å². The number of ether oxygens (including phenoxy) is 2. The number of amides is 3. The molecule has 23 heavy (non-hydrogen) atoms. The number of hydrogen-bond donors (Lipinski definition) is 2. The maximum atomic E-state index is 12.3. The van der Waals surface area contributed by atoms with Gasteiger partial charge in [-0.25, -0.2) is 10.1 Å². The van der Waals surface area contributed by atoms with Crippen LogP contribution in [0.1, 0.15) is 13.3 Å². The zero-order chi connectivity index (χ0) is 17.4. The molecule has 5 atom stereocenters. The van der Waals surface area contributed by atoms with E-state index in [0.717, 1.165) is 6.66 Å². The van der Waals surface area contributed by atoms with Crippen molar-refractivity contribution in [1.82, 2.24) is 5.32 Å². The summed E-state index contributed by atoms with van der Waals surface area (Å²) in [5.74, 6) is -0.446. The van der Waals surface area contributed by atoms with Gasteiger partial charge in [-0.3, -0.25) is 9.36 Å². The summed E-state index contributed by atoms with van der Waals surface area (Å²) >= 11 is 0. The highest BCUT2D eigenvalue weighted by Gasteiger charge is 2.52. The third kappa shape index (κ3) is 3.88. The van der Waals surface area contributed by atoms with Crippen molar-refractivity contribution in [1.29, 1.82) is 0 Å². The summed E-state index contributed by atoms with van der Waals surface area (Å²) in [6.45, 7) is 2.85. The molecule has 3 unspecified atom stereocenters. The number of nitrogens with zero attached hydrogens (tertiary/aromatic N) is 1. The van der Waals surface area contributed by atoms with Gasteiger partial charge in [-0.1, -0.05) is 0 Å². The van der Waals surface area contributed by atoms with Crippen LogP contribution in [0.15, 0.2) is 11.8 Å². The van der Waals surface area contributed by atoms with Crippen LogP contribution in [0.2, 0.25) is 0 Å². The molecule has 0 radical (unpaired) electrons. The maximum absolute atomic E-state index is 12.3. The summed E-state index contributed by atoms with van der Waals surface area (Å²) in [5.41, 5.74) is 0.395. The van der Waals surface area contributed by atoms with Crippen LogP contribution in [0, 0.1) is 0 Å². The van der Waals surface area contributed by atoms with Gasteiger partial charge in [0.15, 0.2) is 0 Å². The molecule has 3 amide bonds. The Kier molecular flexibility index (Phi) is 5.10. The summed E-state index contributed by atoms with van der Waals surface area (Å²) in [6, 6.07) is -0.522. The topological polar surface area (TPSA) is 111 Å². The zero-order valence-electron chi connectivity index (χ0n) is 13.5. The Morgan fingerprint density at radius 2 is 2.17 bits per heavy atom. The SMILES string of the molecule is COC[C@H]1O[C@@H]([N+]2(C)C=C(C)C(=O)NC2=O)CC1OP(C)(=O)O. The average Bonchev–Trinajstić information content (AvgIpc) is 2.79. The first-order valence-corrected chi connectivity index (χ1v) is 9.13. The zero-order valence-corrected chi connectivity index (χ0v) is 14.4. The standard InChI is InChI=1S/C13H21N2O7P/c1-8-6-15(2,13(17)14-12(8)16)11-5-9(22-23(4,18)19)10(21-11)7-20-3/h6,9-11H,5,7H2,1-4H3,(H-,14,16,17,18,19)/p+1/t9?,10-,11-,15?/m1/s1. The Labute approximate surface area is 134 Å². The fraction of sp³-hybridized carbons (Fsp3) is 0.692. The van der Waals surface area contributed by atoms with E-state index in [-0.39, 0.29) is 17.5 Å². The van der Waals surface area contributed by atoms with Crippen LogP contribution in [0.3, 0.4) is 0 Å². The van der Waals surface area contributed by atoms with Crippen molar-refractivity contribution in [2.75, 3.05) is 27.4 Å². The number of quaternary nitrogens is 1. The molecule has 0 saturated carbocycles. The minimum absolute atomic E-state index is 0.157. The molecule has 0 aromatic carbocycles. The second-order valence-electron chi connectivity index (χ2n) is 5.99. The summed E-state index contributed by atoms with van der Waals surface area (Å²) in [6.07, 6.45) is -0.194. The number of carbonyl (C=O) groups is 2. The normalized spacial score (nSPS) is 37.3. The fourth-order valence-corrected chi connectivity index (χ4v) is 3.49. The van der Waals surface area contributed by atoms with Crippen molar-refractivity contribution in [2.24, 2.45) is 0 Å². The minimum Gasteiger partial charge on any atom is -0.382 e. The van der Waals surface area contributed by atoms with Crippen molar-refractivity contribution in [2.45, 2.75) is 31.8 Å². The second kappa shape index (κ2) is 6.43. The van der Waals surface area contributed by atoms with Crippen molar-refractivity contribution >= 4 is 19.5 Å². The monoisotopic (exact) mass is 349 g/mol. The Hall–Kier alpha value is -1.09. The molecule has 10 heteroatoms. The van der Waals surface area contributed by atoms with E-state index >= 15 is 0 Å². The molecule has 1 saturated heterocycles. The van der Waals surface area contributed by atoms with Gasteiger partial charge in [0.05, 0.1) is 25.6 Å². The van der Waals surface area contributed by atoms with Crippen LogP contribution in [0.5, 0.6) is 0 Å². The minimum atomic E-state index is -3.71. The highest BCUT2D eigenvalue weighted by Crippen LogP contribution is 2.43. The maximum Gasteiger partial charge on any atom is 0.430 e. The van der Waals surface area contributed by atoms with E-state index in [0.29, 0.717) is 5.57 Å². The van der Waals surface area contributed by atoms with Crippen LogP contribution in [-0.4, -0.2) is 67.2 Å². The molecule has 2 aliphatic heterocycles. The molecule has 0 aromatic rings. The molecular formula is C13H22N2O7P+. The number of hydrogen-bond acceptors (Lipinski definition) is 6. The first kappa shape index (κ1) is 18.3. The summed E-state index contributed by atoms with van der Waals surface area (Å²) in [7, 11) is -0.634. The molecule has 9 nitrogen and oxygen atoms in total. The van der Waals surface area contributed by atoms with Gasteiger partial charge in [0, 0.05) is 13.8 Å². The third-order valence-electron chi connectivity index (χ3n) is 3.92. The third-order valence-corrected chi connectivity index (χ3v) is 4.58. The van der Waals surface area contributed by atoms with E-state index in [4.69, 9.17) is 14.0 Å². The average molecular weight is 349 g/mol. The Morgan fingerprint density at radius 1 is 1.52 bits per heavy atom. The van der Waals surface area contributed by atoms with Crippen LogP contribution in [0.25, 0.3) is 0 Å². The van der Waals surface area contributed by atoms with Crippen molar-refractivity contribution in [3.63, 3.8) is 0 Å². The van der Waals surface area contributed by atoms with E-state index in [2.05, 4.69) is 5.32 Å². The van der Waals surface area contributed by atoms with Gasteiger partial charge >= 0.3 is 13.6 Å². The summed E-state index contributed by atoms with van der Waals surface area (Å²) < 4.78 is 27.3. The summed E-state index contributed by atoms with van der Waals surface area (Å²) in [5, 5.41) is 2.28. The molecule has 0 bridgehead atoms. The van der Waals surface area contributed by atoms with Gasteiger partial charge in [0.2, 0.25) is 6.23 Å². The van der Waals surface area contributed by atoms with Gasteiger partial charge < -0.3 is 18.9 Å². The predicted molar refractivity (Wildman–Crippen MR) is 79.3 cm³/mol. The van der Waals surface area contributed by atoms with Gasteiger partial charge in [0.1, 0.15) is 18.4 Å². The van der Waals surface area contributed by atoms with E-state index in [1.54, 1.807) is 14.0 Å². The summed E-state index contributed by atoms with van der Waals surface area (Å²) in [4.78, 5) is 33.3. The first-order chi connectivity index (χ1) is 10.6. The lowest BCUT2D eigenvalue weighted by molar-refractivity contribution is -0.832. The fourth-order valence-electron chi connectivity index (χ4n) is 2.76. The predicted octanol–water partition coefficient (Wildman–Crippen LogP) is 0.548. The Balaban J connectivity index is 2.25. The number of imide groups is 1. The van der Waals surface area contributed by atoms with Gasteiger partial charge in [-0.05, 0) is 6.92 Å². The molecule has 2 heterocycles. The van der Waals surface area contributed by atoms with Crippen molar-refractivity contribution in [3.8, 4) is 0 Å². The smallest absolute Gasteiger partial charge is 0.382 e. The van der Waals surface area contributed by atoms with E-state index in [1.165, 1.54) is 13.3 Å². The lowest BCUT2D eigenvalue weighted by Crippen LogP contribution is -2.61. The molecule has 1 fully saturated rings. The van der Waals surface area contributed by atoms with Gasteiger partial charge in [0.25, 0.3) is 5.91 Å². The molecule has 130 valence electrons. The molecule has 2 N–H and O–H groups in total. The van der Waals surface area contributed by atoms with Crippen LogP contribution < -0.4 is 5.32 Å². The lowest BCUT2D eigenvalue weighted by atomic mass is 10.1. The molecule has 0 aliphatic carbocycles. The lowest BCUT2D eigenvalue weighted by Gasteiger charge is -2.35. The molecule has 0 aromatic heterocycles. The van der Waals surface area contributed by atoms with Gasteiger partial charge in [-0.2, -0.15) is 4.48 Å². The van der Waals surface area contributed by atoms with Crippen LogP contribution in [0.4, 0.5) is 4.79 Å². The number of rotatable bonds is 5. The Bertz CT molecular complexity index is 587. The molecular weight excluding hydrogens is 327 g/mol. The number of urea groups is 1. The van der Waals surface area contributed by atoms with Crippen molar-refractivity contribution in [3.05, 3.63) is 11.8 Å². The molecule has 0 spiro atoms. The number of nitrogens with one attached hydrogen (secondary N) is 1. The highest BCUT2D eigenvalue weighted by molar-refractivity contribution is 7.51. The quantitative estimate of drug-likeness (QED) is 0.551. The molecule has 2 rings (SSSR count). The second-order valence-corrected chi connectivity index (χ2v) is 7.80. The first-order valence-electron chi connectivity index (χ1n) is 7.11. The Morgan fingerprint density at radius 3 is 2.74 bits per heavy atom. The largest absolute Gasteiger partial charge is 0.430 e. The van der Waals surface area contributed by atoms with E-state index in [1.807, 2.05) is 0 Å². The highest BCUT2D eigenvalue weighted by atomic mass is 31.2. The van der Waals surface area contributed by atoms with Crippen LogP contribution in [-0.2, 0) is 23.4 Å². The van der Waals surface area contributed by atoms with Crippen molar-refractivity contribution < 1.29 is 37.5 Å². The van der Waals surface area contributed by atoms with E-state index < -0.39 is 38.0 Å². The number of methoxy groups -OCH3 is 1. The molecule has 2 aliphatic rings. The van der Waals surface area contributed by atoms with E-state index in [9.17, 15) is 19.0 Å².